The predicted octanol–water partition coefficient (Wildman–Crippen LogP) is -0.343. The van der Waals surface area contributed by atoms with E-state index < -0.39 is 6.10 Å². The van der Waals surface area contributed by atoms with Gasteiger partial charge in [-0.2, -0.15) is 0 Å². The minimum Gasteiger partial charge on any atom is -0.457 e. The average Bonchev–Trinajstić information content (AvgIpc) is 2.88. The molecule has 1 saturated heterocycles. The second-order valence-electron chi connectivity index (χ2n) is 5.54. The highest BCUT2D eigenvalue weighted by Crippen LogP contribution is 2.25. The summed E-state index contributed by atoms with van der Waals surface area (Å²) < 4.78 is 4.97. The molecule has 2 atom stereocenters. The number of fused-ring (bicyclic) bond motifs is 1. The minimum absolute atomic E-state index is 0.0349. The van der Waals surface area contributed by atoms with Crippen molar-refractivity contribution in [1.29, 1.82) is 0 Å². The zero-order valence-electron chi connectivity index (χ0n) is 11.8. The third-order valence-corrected chi connectivity index (χ3v) is 4.18. The summed E-state index contributed by atoms with van der Waals surface area (Å²) in [5.41, 5.74) is 2.19. The van der Waals surface area contributed by atoms with Gasteiger partial charge in [0.1, 0.15) is 6.61 Å². The van der Waals surface area contributed by atoms with Crippen molar-refractivity contribution in [1.82, 2.24) is 10.2 Å². The fourth-order valence-electron chi connectivity index (χ4n) is 2.91. The Balaban J connectivity index is 1.70. The lowest BCUT2D eigenvalue weighted by atomic mass is 10.0. The normalized spacial score (nSPS) is 23.7. The number of cyclic esters (lactones) is 1. The summed E-state index contributed by atoms with van der Waals surface area (Å²) in [6.45, 7) is 3.22. The molecule has 1 fully saturated rings. The van der Waals surface area contributed by atoms with Crippen LogP contribution in [0, 0.1) is 0 Å². The van der Waals surface area contributed by atoms with Crippen LogP contribution in [-0.2, 0) is 11.3 Å². The summed E-state index contributed by atoms with van der Waals surface area (Å²) in [6, 6.07) is 5.35. The Labute approximate surface area is 123 Å². The first-order chi connectivity index (χ1) is 10.2. The summed E-state index contributed by atoms with van der Waals surface area (Å²) in [5, 5.41) is 23.0. The van der Waals surface area contributed by atoms with Crippen LogP contribution >= 0.6 is 0 Å². The highest BCUT2D eigenvalue weighted by Gasteiger charge is 2.26. The van der Waals surface area contributed by atoms with Gasteiger partial charge < -0.3 is 20.3 Å². The van der Waals surface area contributed by atoms with E-state index in [2.05, 4.69) is 10.2 Å². The van der Waals surface area contributed by atoms with E-state index in [9.17, 15) is 15.0 Å². The quantitative estimate of drug-likeness (QED) is 0.659. The summed E-state index contributed by atoms with van der Waals surface area (Å²) in [7, 11) is 0. The van der Waals surface area contributed by atoms with Crippen LogP contribution in [0.1, 0.15) is 27.6 Å². The average molecular weight is 292 g/mol. The summed E-state index contributed by atoms with van der Waals surface area (Å²) in [5.74, 6) is -0.298. The van der Waals surface area contributed by atoms with Crippen LogP contribution in [0.5, 0.6) is 0 Å². The smallest absolute Gasteiger partial charge is 0.338 e. The second kappa shape index (κ2) is 6.11. The van der Waals surface area contributed by atoms with Gasteiger partial charge >= 0.3 is 5.97 Å². The number of hydrogen-bond donors (Lipinski definition) is 3. The van der Waals surface area contributed by atoms with Crippen molar-refractivity contribution in [3.8, 4) is 0 Å². The summed E-state index contributed by atoms with van der Waals surface area (Å²) in [6.07, 6.45) is -0.641. The first-order valence-corrected chi connectivity index (χ1v) is 7.22. The first-order valence-electron chi connectivity index (χ1n) is 7.22. The van der Waals surface area contributed by atoms with Gasteiger partial charge in [0, 0.05) is 37.8 Å². The lowest BCUT2D eigenvalue weighted by molar-refractivity contribution is 0.0488. The van der Waals surface area contributed by atoms with Gasteiger partial charge in [0.25, 0.3) is 0 Å². The molecule has 2 aliphatic heterocycles. The monoisotopic (exact) mass is 292 g/mol. The molecule has 114 valence electrons. The molecular weight excluding hydrogens is 272 g/mol. The number of nitrogens with one attached hydrogen (secondary N) is 1. The van der Waals surface area contributed by atoms with Crippen molar-refractivity contribution in [3.63, 3.8) is 0 Å². The van der Waals surface area contributed by atoms with Crippen molar-refractivity contribution < 1.29 is 19.7 Å². The molecule has 3 N–H and O–H groups in total. The summed E-state index contributed by atoms with van der Waals surface area (Å²) >= 11 is 0. The number of carbonyl (C=O) groups excluding carboxylic acids is 1. The number of esters is 1. The van der Waals surface area contributed by atoms with E-state index in [0.717, 1.165) is 30.8 Å². The number of aliphatic hydroxyl groups is 2. The van der Waals surface area contributed by atoms with E-state index in [1.54, 1.807) is 12.1 Å². The van der Waals surface area contributed by atoms with Gasteiger partial charge in [0.05, 0.1) is 18.3 Å². The zero-order chi connectivity index (χ0) is 14.8. The van der Waals surface area contributed by atoms with E-state index in [4.69, 9.17) is 4.74 Å². The molecule has 0 aliphatic carbocycles. The van der Waals surface area contributed by atoms with E-state index in [-0.39, 0.29) is 25.2 Å². The van der Waals surface area contributed by atoms with Crippen LogP contribution in [0.25, 0.3) is 0 Å². The Kier molecular flexibility index (Phi) is 4.21. The van der Waals surface area contributed by atoms with Gasteiger partial charge in [-0.25, -0.2) is 4.79 Å². The Bertz CT molecular complexity index is 534. The largest absolute Gasteiger partial charge is 0.457 e. The highest BCUT2D eigenvalue weighted by atomic mass is 16.5. The van der Waals surface area contributed by atoms with Crippen LogP contribution in [0.4, 0.5) is 0 Å². The number of carbonyl (C=O) groups is 1. The maximum absolute atomic E-state index is 11.4. The van der Waals surface area contributed by atoms with Crippen LogP contribution < -0.4 is 5.32 Å². The van der Waals surface area contributed by atoms with Gasteiger partial charge in [0.2, 0.25) is 0 Å². The Morgan fingerprint density at radius 3 is 3.14 bits per heavy atom. The third kappa shape index (κ3) is 2.94. The second-order valence-corrected chi connectivity index (χ2v) is 5.54. The minimum atomic E-state index is -0.641. The maximum atomic E-state index is 11.4. The van der Waals surface area contributed by atoms with Crippen LogP contribution in [-0.4, -0.2) is 59.9 Å². The number of benzene rings is 1. The molecule has 2 heterocycles. The molecule has 6 nitrogen and oxygen atoms in total. The van der Waals surface area contributed by atoms with E-state index in [0.29, 0.717) is 12.1 Å². The Hall–Kier alpha value is -1.47. The molecular formula is C15H20N2O4. The molecule has 0 amide bonds. The Morgan fingerprint density at radius 1 is 1.48 bits per heavy atom. The highest BCUT2D eigenvalue weighted by molar-refractivity contribution is 5.93. The van der Waals surface area contributed by atoms with Gasteiger partial charge in [-0.05, 0) is 17.7 Å². The number of β-amino-alcohol motifs (C(OH)–C–C–N with tert-alkyl or cyclic N) is 1. The standard InChI is InChI=1S/C15H20N2O4/c18-8-12-6-16-3-4-17(12)7-14(19)10-1-2-13-11(5-10)9-21-15(13)20/h1-2,5,12,14,16,18-19H,3-4,6-9H2/t12-,14?/m0/s1. The number of nitrogens with zero attached hydrogens (tertiary/aromatic N) is 1. The molecule has 1 unspecified atom stereocenters. The Morgan fingerprint density at radius 2 is 2.33 bits per heavy atom. The maximum Gasteiger partial charge on any atom is 0.338 e. The SMILES string of the molecule is O=C1OCc2cc(C(O)CN3CCNC[C@H]3CO)ccc21. The van der Waals surface area contributed by atoms with Crippen LogP contribution in [0.15, 0.2) is 18.2 Å². The topological polar surface area (TPSA) is 82.0 Å². The molecule has 2 aliphatic rings. The number of rotatable bonds is 4. The number of piperazine rings is 1. The van der Waals surface area contributed by atoms with Crippen molar-refractivity contribution in [2.24, 2.45) is 0 Å². The third-order valence-electron chi connectivity index (χ3n) is 4.18. The lowest BCUT2D eigenvalue weighted by Crippen LogP contribution is -2.53. The van der Waals surface area contributed by atoms with Crippen LogP contribution in [0.2, 0.25) is 0 Å². The first kappa shape index (κ1) is 14.5. The molecule has 3 rings (SSSR count). The van der Waals surface area contributed by atoms with Crippen molar-refractivity contribution in [2.75, 3.05) is 32.8 Å². The predicted molar refractivity (Wildman–Crippen MR) is 75.8 cm³/mol. The van der Waals surface area contributed by atoms with Gasteiger partial charge in [-0.1, -0.05) is 6.07 Å². The fourth-order valence-corrected chi connectivity index (χ4v) is 2.91. The van der Waals surface area contributed by atoms with Gasteiger partial charge in [-0.15, -0.1) is 0 Å². The van der Waals surface area contributed by atoms with Crippen molar-refractivity contribution >= 4 is 5.97 Å². The number of hydrogen-bond acceptors (Lipinski definition) is 6. The molecule has 0 spiro atoms. The fraction of sp³-hybridized carbons (Fsp3) is 0.533. The molecule has 0 saturated carbocycles. The van der Waals surface area contributed by atoms with Gasteiger partial charge in [-0.3, -0.25) is 4.90 Å². The van der Waals surface area contributed by atoms with Crippen LogP contribution in [0.3, 0.4) is 0 Å². The lowest BCUT2D eigenvalue weighted by Gasteiger charge is -2.36. The molecule has 0 radical (unpaired) electrons. The zero-order valence-corrected chi connectivity index (χ0v) is 11.8. The summed E-state index contributed by atoms with van der Waals surface area (Å²) in [4.78, 5) is 13.5. The van der Waals surface area contributed by atoms with Crippen molar-refractivity contribution in [2.45, 2.75) is 18.8 Å². The number of ether oxygens (including phenoxy) is 1. The molecule has 0 aromatic heterocycles. The van der Waals surface area contributed by atoms with E-state index in [1.807, 2.05) is 6.07 Å². The molecule has 6 heteroatoms. The molecule has 1 aromatic carbocycles. The van der Waals surface area contributed by atoms with Gasteiger partial charge in [0.15, 0.2) is 0 Å². The van der Waals surface area contributed by atoms with E-state index >= 15 is 0 Å². The molecule has 21 heavy (non-hydrogen) atoms. The number of aliphatic hydroxyl groups excluding tert-OH is 2. The molecule has 1 aromatic rings. The van der Waals surface area contributed by atoms with Crippen molar-refractivity contribution in [3.05, 3.63) is 34.9 Å². The molecule has 0 bridgehead atoms. The van der Waals surface area contributed by atoms with E-state index in [1.165, 1.54) is 0 Å².